The van der Waals surface area contributed by atoms with Crippen LogP contribution in [0.2, 0.25) is 0 Å². The minimum atomic E-state index is -0.938. The Balaban J connectivity index is 1.33. The molecule has 1 aliphatic heterocycles. The van der Waals surface area contributed by atoms with E-state index in [2.05, 4.69) is 10.6 Å². The molecular formula is C30H31F2N3O4. The van der Waals surface area contributed by atoms with Crippen LogP contribution in [0.5, 0.6) is 11.5 Å². The van der Waals surface area contributed by atoms with Crippen molar-refractivity contribution in [2.75, 3.05) is 6.54 Å². The van der Waals surface area contributed by atoms with Crippen LogP contribution in [-0.4, -0.2) is 41.2 Å². The number of carbonyl (C=O) groups is 3. The third kappa shape index (κ3) is 8.10. The molecule has 1 fully saturated rings. The van der Waals surface area contributed by atoms with Crippen LogP contribution in [0, 0.1) is 11.6 Å². The van der Waals surface area contributed by atoms with Crippen molar-refractivity contribution in [2.24, 2.45) is 0 Å². The van der Waals surface area contributed by atoms with Gasteiger partial charge in [-0.25, -0.2) is 8.78 Å². The first-order chi connectivity index (χ1) is 18.8. The van der Waals surface area contributed by atoms with Gasteiger partial charge in [0, 0.05) is 19.2 Å². The topological polar surface area (TPSA) is 87.7 Å². The van der Waals surface area contributed by atoms with E-state index in [9.17, 15) is 23.2 Å². The van der Waals surface area contributed by atoms with Crippen molar-refractivity contribution < 1.29 is 27.9 Å². The number of carbonyl (C=O) groups excluding carboxylic acids is 3. The SMILES string of the molecule is CC(NC(=O)Cc1cc(F)cc(F)c1)C(=O)NC1CCCCN(Cc2cccc(Oc3ccccc3)c2)C1=O. The van der Waals surface area contributed by atoms with Crippen molar-refractivity contribution in [1.29, 1.82) is 0 Å². The molecule has 204 valence electrons. The fourth-order valence-corrected chi connectivity index (χ4v) is 4.50. The second-order valence-corrected chi connectivity index (χ2v) is 9.62. The van der Waals surface area contributed by atoms with Gasteiger partial charge in [0.2, 0.25) is 17.7 Å². The Labute approximate surface area is 226 Å². The first-order valence-corrected chi connectivity index (χ1v) is 12.9. The quantitative estimate of drug-likeness (QED) is 0.422. The van der Waals surface area contributed by atoms with Crippen molar-refractivity contribution in [1.82, 2.24) is 15.5 Å². The first-order valence-electron chi connectivity index (χ1n) is 12.9. The van der Waals surface area contributed by atoms with Crippen molar-refractivity contribution in [3.8, 4) is 11.5 Å². The summed E-state index contributed by atoms with van der Waals surface area (Å²) >= 11 is 0. The Bertz CT molecular complexity index is 1300. The van der Waals surface area contributed by atoms with Gasteiger partial charge < -0.3 is 20.3 Å². The molecule has 1 heterocycles. The molecule has 1 aliphatic rings. The Morgan fingerprint density at radius 3 is 2.41 bits per heavy atom. The molecule has 39 heavy (non-hydrogen) atoms. The minimum Gasteiger partial charge on any atom is -0.457 e. The van der Waals surface area contributed by atoms with Gasteiger partial charge in [0.05, 0.1) is 6.42 Å². The van der Waals surface area contributed by atoms with Crippen LogP contribution in [0.25, 0.3) is 0 Å². The molecule has 2 atom stereocenters. The van der Waals surface area contributed by atoms with Crippen molar-refractivity contribution in [3.05, 3.63) is 95.6 Å². The highest BCUT2D eigenvalue weighted by atomic mass is 19.1. The van der Waals surface area contributed by atoms with Crippen LogP contribution in [0.1, 0.15) is 37.3 Å². The molecule has 0 saturated carbocycles. The number of hydrogen-bond donors (Lipinski definition) is 2. The Hall–Kier alpha value is -4.27. The van der Waals surface area contributed by atoms with E-state index in [0.29, 0.717) is 31.0 Å². The third-order valence-corrected chi connectivity index (χ3v) is 6.41. The molecule has 2 unspecified atom stereocenters. The maximum Gasteiger partial charge on any atom is 0.245 e. The molecule has 1 saturated heterocycles. The van der Waals surface area contributed by atoms with Crippen LogP contribution in [0.4, 0.5) is 8.78 Å². The molecule has 0 aliphatic carbocycles. The summed E-state index contributed by atoms with van der Waals surface area (Å²) in [6.07, 6.45) is 1.77. The van der Waals surface area contributed by atoms with E-state index in [-0.39, 0.29) is 17.9 Å². The van der Waals surface area contributed by atoms with Gasteiger partial charge in [-0.15, -0.1) is 0 Å². The Morgan fingerprint density at radius 1 is 0.949 bits per heavy atom. The smallest absolute Gasteiger partial charge is 0.245 e. The minimum absolute atomic E-state index is 0.158. The van der Waals surface area contributed by atoms with Crippen LogP contribution in [0.15, 0.2) is 72.8 Å². The molecule has 4 rings (SSSR count). The van der Waals surface area contributed by atoms with Crippen LogP contribution >= 0.6 is 0 Å². The maximum absolute atomic E-state index is 13.4. The zero-order valence-electron chi connectivity index (χ0n) is 21.7. The Morgan fingerprint density at radius 2 is 1.67 bits per heavy atom. The van der Waals surface area contributed by atoms with Crippen LogP contribution < -0.4 is 15.4 Å². The second kappa shape index (κ2) is 13.0. The lowest BCUT2D eigenvalue weighted by molar-refractivity contribution is -0.137. The van der Waals surface area contributed by atoms with Gasteiger partial charge in [-0.2, -0.15) is 0 Å². The average molecular weight is 536 g/mol. The molecular weight excluding hydrogens is 504 g/mol. The summed E-state index contributed by atoms with van der Waals surface area (Å²) < 4.78 is 32.7. The number of para-hydroxylation sites is 1. The van der Waals surface area contributed by atoms with Crippen LogP contribution in [-0.2, 0) is 27.3 Å². The predicted molar refractivity (Wildman–Crippen MR) is 142 cm³/mol. The monoisotopic (exact) mass is 535 g/mol. The summed E-state index contributed by atoms with van der Waals surface area (Å²) in [7, 11) is 0. The highest BCUT2D eigenvalue weighted by Gasteiger charge is 2.30. The van der Waals surface area contributed by atoms with Crippen molar-refractivity contribution in [3.63, 3.8) is 0 Å². The van der Waals surface area contributed by atoms with E-state index in [4.69, 9.17) is 4.74 Å². The molecule has 9 heteroatoms. The summed E-state index contributed by atoms with van der Waals surface area (Å²) in [5, 5.41) is 5.30. The predicted octanol–water partition coefficient (Wildman–Crippen LogP) is 4.50. The molecule has 3 aromatic rings. The average Bonchev–Trinajstić information content (AvgIpc) is 3.05. The summed E-state index contributed by atoms with van der Waals surface area (Å²) in [5.41, 5.74) is 1.06. The fraction of sp³-hybridized carbons (Fsp3) is 0.300. The number of amides is 3. The zero-order valence-corrected chi connectivity index (χ0v) is 21.7. The molecule has 0 radical (unpaired) electrons. The number of halogens is 2. The van der Waals surface area contributed by atoms with Crippen molar-refractivity contribution in [2.45, 2.75) is 51.2 Å². The zero-order chi connectivity index (χ0) is 27.8. The number of nitrogens with zero attached hydrogens (tertiary/aromatic N) is 1. The standard InChI is InChI=1S/C30H31F2N3O4/c1-20(33-28(36)17-22-14-23(31)18-24(32)15-22)29(37)34-27-12-5-6-13-35(30(27)38)19-21-8-7-11-26(16-21)39-25-9-3-2-4-10-25/h2-4,7-11,14-16,18,20,27H,5-6,12-13,17,19H2,1H3,(H,33,36)(H,34,37). The van der Waals surface area contributed by atoms with Gasteiger partial charge in [-0.1, -0.05) is 30.3 Å². The number of ether oxygens (including phenoxy) is 1. The van der Waals surface area contributed by atoms with E-state index in [0.717, 1.165) is 36.6 Å². The lowest BCUT2D eigenvalue weighted by Gasteiger charge is -2.26. The summed E-state index contributed by atoms with van der Waals surface area (Å²) in [6.45, 7) is 2.43. The maximum atomic E-state index is 13.4. The number of nitrogens with one attached hydrogen (secondary N) is 2. The second-order valence-electron chi connectivity index (χ2n) is 9.62. The van der Waals surface area contributed by atoms with E-state index in [1.54, 1.807) is 4.90 Å². The number of likely N-dealkylation sites (tertiary alicyclic amines) is 1. The van der Waals surface area contributed by atoms with Gasteiger partial charge in [0.1, 0.15) is 35.2 Å². The molecule has 2 N–H and O–H groups in total. The lowest BCUT2D eigenvalue weighted by atomic mass is 10.1. The van der Waals surface area contributed by atoms with Crippen molar-refractivity contribution >= 4 is 17.7 Å². The summed E-state index contributed by atoms with van der Waals surface area (Å²) in [4.78, 5) is 40.2. The van der Waals surface area contributed by atoms with Gasteiger partial charge in [-0.3, -0.25) is 14.4 Å². The van der Waals surface area contributed by atoms with Gasteiger partial charge in [0.15, 0.2) is 0 Å². The third-order valence-electron chi connectivity index (χ3n) is 6.41. The summed E-state index contributed by atoms with van der Waals surface area (Å²) in [5.74, 6) is -1.44. The summed E-state index contributed by atoms with van der Waals surface area (Å²) in [6, 6.07) is 18.1. The number of benzene rings is 3. The van der Waals surface area contributed by atoms with E-state index >= 15 is 0 Å². The molecule has 0 aromatic heterocycles. The highest BCUT2D eigenvalue weighted by Crippen LogP contribution is 2.23. The molecule has 7 nitrogen and oxygen atoms in total. The normalized spacial score (nSPS) is 16.2. The Kier molecular flexibility index (Phi) is 9.25. The van der Waals surface area contributed by atoms with Gasteiger partial charge >= 0.3 is 0 Å². The molecule has 0 bridgehead atoms. The van der Waals surface area contributed by atoms with Gasteiger partial charge in [0.25, 0.3) is 0 Å². The van der Waals surface area contributed by atoms with Gasteiger partial charge in [-0.05, 0) is 73.7 Å². The van der Waals surface area contributed by atoms with E-state index in [1.165, 1.54) is 6.92 Å². The number of rotatable bonds is 9. The lowest BCUT2D eigenvalue weighted by Crippen LogP contribution is -2.53. The van der Waals surface area contributed by atoms with Crippen LogP contribution in [0.3, 0.4) is 0 Å². The molecule has 3 aromatic carbocycles. The number of hydrogen-bond acceptors (Lipinski definition) is 4. The molecule has 0 spiro atoms. The first kappa shape index (κ1) is 27.8. The largest absolute Gasteiger partial charge is 0.457 e. The fourth-order valence-electron chi connectivity index (χ4n) is 4.50. The molecule has 3 amide bonds. The van der Waals surface area contributed by atoms with E-state index < -0.39 is 35.5 Å². The highest BCUT2D eigenvalue weighted by molar-refractivity contribution is 5.92. The van der Waals surface area contributed by atoms with E-state index in [1.807, 2.05) is 54.6 Å².